The molecule has 3 nitrogen and oxygen atoms in total. The molecule has 2 aliphatic rings. The van der Waals surface area contributed by atoms with E-state index in [1.165, 1.54) is 0 Å². The molecule has 0 saturated carbocycles. The molecule has 2 atom stereocenters. The molecule has 1 N–H and O–H groups in total. The van der Waals surface area contributed by atoms with Crippen LogP contribution in [0.5, 0.6) is 0 Å². The van der Waals surface area contributed by atoms with Gasteiger partial charge in [0.2, 0.25) is 0 Å². The molecule has 1 spiro atoms. The maximum absolute atomic E-state index is 6.64. The molecule has 0 aliphatic carbocycles. The van der Waals surface area contributed by atoms with E-state index >= 15 is 0 Å². The van der Waals surface area contributed by atoms with Gasteiger partial charge in [0.05, 0.1) is 17.3 Å². The number of morpholine rings is 1. The third-order valence-electron chi connectivity index (χ3n) is 4.82. The Morgan fingerprint density at radius 1 is 1.22 bits per heavy atom. The van der Waals surface area contributed by atoms with Crippen molar-refractivity contribution in [2.24, 2.45) is 5.92 Å². The predicted octanol–water partition coefficient (Wildman–Crippen LogP) is 2.74. The molecule has 0 aromatic carbocycles. The van der Waals surface area contributed by atoms with Crippen LogP contribution in [0.1, 0.15) is 53.4 Å². The van der Waals surface area contributed by atoms with E-state index in [-0.39, 0.29) is 11.2 Å². The summed E-state index contributed by atoms with van der Waals surface area (Å²) in [7, 11) is 0. The van der Waals surface area contributed by atoms with Crippen LogP contribution in [-0.4, -0.2) is 37.0 Å². The Hall–Kier alpha value is -0.120. The summed E-state index contributed by atoms with van der Waals surface area (Å²) >= 11 is 0. The first-order valence-electron chi connectivity index (χ1n) is 7.57. The van der Waals surface area contributed by atoms with E-state index in [9.17, 15) is 0 Å². The van der Waals surface area contributed by atoms with Gasteiger partial charge in [-0.25, -0.2) is 0 Å². The number of hydrogen-bond donors (Lipinski definition) is 1. The quantitative estimate of drug-likeness (QED) is 0.841. The van der Waals surface area contributed by atoms with E-state index in [4.69, 9.17) is 9.47 Å². The molecule has 3 heteroatoms. The molecule has 0 radical (unpaired) electrons. The summed E-state index contributed by atoms with van der Waals surface area (Å²) in [5.74, 6) is 0.574. The molecule has 2 saturated heterocycles. The Morgan fingerprint density at radius 3 is 2.56 bits per heavy atom. The molecular formula is C15H29NO2. The lowest BCUT2D eigenvalue weighted by molar-refractivity contribution is -0.225. The van der Waals surface area contributed by atoms with Gasteiger partial charge >= 0.3 is 0 Å². The Labute approximate surface area is 112 Å². The van der Waals surface area contributed by atoms with Crippen molar-refractivity contribution >= 4 is 0 Å². The lowest BCUT2D eigenvalue weighted by atomic mass is 9.82. The SMILES string of the molecule is CCC1(CC)CNCC2(CCOC(C(C)C)C2)O1. The summed E-state index contributed by atoms with van der Waals surface area (Å²) in [6.07, 6.45) is 4.60. The maximum Gasteiger partial charge on any atom is 0.0861 e. The monoisotopic (exact) mass is 255 g/mol. The topological polar surface area (TPSA) is 30.5 Å². The van der Waals surface area contributed by atoms with Gasteiger partial charge in [0.15, 0.2) is 0 Å². The van der Waals surface area contributed by atoms with Crippen molar-refractivity contribution in [3.05, 3.63) is 0 Å². The second kappa shape index (κ2) is 5.48. The highest BCUT2D eigenvalue weighted by molar-refractivity contribution is 4.99. The van der Waals surface area contributed by atoms with Crippen molar-refractivity contribution < 1.29 is 9.47 Å². The van der Waals surface area contributed by atoms with Crippen molar-refractivity contribution in [2.75, 3.05) is 19.7 Å². The van der Waals surface area contributed by atoms with Crippen molar-refractivity contribution in [3.63, 3.8) is 0 Å². The molecule has 2 rings (SSSR count). The molecule has 2 aliphatic heterocycles. The zero-order valence-electron chi connectivity index (χ0n) is 12.4. The summed E-state index contributed by atoms with van der Waals surface area (Å²) in [5.41, 5.74) is 0.0502. The number of hydrogen-bond acceptors (Lipinski definition) is 3. The van der Waals surface area contributed by atoms with Crippen LogP contribution in [0, 0.1) is 5.92 Å². The van der Waals surface area contributed by atoms with Crippen molar-refractivity contribution in [2.45, 2.75) is 70.7 Å². The Morgan fingerprint density at radius 2 is 1.94 bits per heavy atom. The van der Waals surface area contributed by atoms with Crippen LogP contribution in [0.2, 0.25) is 0 Å². The van der Waals surface area contributed by atoms with Crippen LogP contribution in [0.4, 0.5) is 0 Å². The minimum atomic E-state index is 0.0114. The first kappa shape index (κ1) is 14.3. The summed E-state index contributed by atoms with van der Waals surface area (Å²) in [4.78, 5) is 0. The average Bonchev–Trinajstić information content (AvgIpc) is 2.38. The largest absolute Gasteiger partial charge is 0.378 e. The highest BCUT2D eigenvalue weighted by Gasteiger charge is 2.47. The third kappa shape index (κ3) is 2.73. The van der Waals surface area contributed by atoms with Gasteiger partial charge in [-0.15, -0.1) is 0 Å². The molecule has 2 fully saturated rings. The highest BCUT2D eigenvalue weighted by atomic mass is 16.5. The highest BCUT2D eigenvalue weighted by Crippen LogP contribution is 2.39. The van der Waals surface area contributed by atoms with E-state index < -0.39 is 0 Å². The summed E-state index contributed by atoms with van der Waals surface area (Å²) < 4.78 is 12.5. The first-order valence-corrected chi connectivity index (χ1v) is 7.57. The molecule has 18 heavy (non-hydrogen) atoms. The van der Waals surface area contributed by atoms with Crippen molar-refractivity contribution in [1.82, 2.24) is 5.32 Å². The molecule has 0 amide bonds. The van der Waals surface area contributed by atoms with Crippen LogP contribution in [0.15, 0.2) is 0 Å². The van der Waals surface area contributed by atoms with Gasteiger partial charge in [0, 0.05) is 32.5 Å². The lowest BCUT2D eigenvalue weighted by Crippen LogP contribution is -2.62. The van der Waals surface area contributed by atoms with E-state index in [1.54, 1.807) is 0 Å². The van der Waals surface area contributed by atoms with Crippen molar-refractivity contribution in [3.8, 4) is 0 Å². The zero-order chi connectivity index (χ0) is 13.2. The van der Waals surface area contributed by atoms with Gasteiger partial charge in [-0.3, -0.25) is 0 Å². The molecule has 2 unspecified atom stereocenters. The van der Waals surface area contributed by atoms with Crippen molar-refractivity contribution in [1.29, 1.82) is 0 Å². The molecule has 0 aromatic heterocycles. The van der Waals surface area contributed by atoms with Gasteiger partial charge < -0.3 is 14.8 Å². The molecule has 2 heterocycles. The van der Waals surface area contributed by atoms with Crippen LogP contribution in [0.3, 0.4) is 0 Å². The standard InChI is InChI=1S/C15H29NO2/c1-5-14(6-2)10-16-11-15(18-14)7-8-17-13(9-15)12(3)4/h12-13,16H,5-11H2,1-4H3. The zero-order valence-corrected chi connectivity index (χ0v) is 12.4. The Kier molecular flexibility index (Phi) is 4.35. The molecular weight excluding hydrogens is 226 g/mol. The van der Waals surface area contributed by atoms with Crippen LogP contribution >= 0.6 is 0 Å². The molecule has 0 bridgehead atoms. The lowest BCUT2D eigenvalue weighted by Gasteiger charge is -2.52. The van der Waals surface area contributed by atoms with Crippen LogP contribution in [-0.2, 0) is 9.47 Å². The minimum Gasteiger partial charge on any atom is -0.378 e. The fourth-order valence-electron chi connectivity index (χ4n) is 3.30. The fraction of sp³-hybridized carbons (Fsp3) is 1.00. The smallest absolute Gasteiger partial charge is 0.0861 e. The van der Waals surface area contributed by atoms with E-state index in [1.807, 2.05) is 0 Å². The maximum atomic E-state index is 6.64. The third-order valence-corrected chi connectivity index (χ3v) is 4.82. The molecule has 106 valence electrons. The van der Waals surface area contributed by atoms with Gasteiger partial charge in [0.25, 0.3) is 0 Å². The summed E-state index contributed by atoms with van der Waals surface area (Å²) in [5, 5.41) is 3.62. The minimum absolute atomic E-state index is 0.0114. The number of nitrogens with one attached hydrogen (secondary N) is 1. The second-order valence-electron chi connectivity index (χ2n) is 6.39. The van der Waals surface area contributed by atoms with Gasteiger partial charge in [0.1, 0.15) is 0 Å². The number of ether oxygens (including phenoxy) is 2. The summed E-state index contributed by atoms with van der Waals surface area (Å²) in [6.45, 7) is 11.8. The van der Waals surface area contributed by atoms with Gasteiger partial charge in [-0.1, -0.05) is 27.7 Å². The predicted molar refractivity (Wildman–Crippen MR) is 73.8 cm³/mol. The van der Waals surface area contributed by atoms with Gasteiger partial charge in [-0.2, -0.15) is 0 Å². The normalized spacial score (nSPS) is 36.2. The van der Waals surface area contributed by atoms with Crippen LogP contribution in [0.25, 0.3) is 0 Å². The first-order chi connectivity index (χ1) is 8.55. The average molecular weight is 255 g/mol. The van der Waals surface area contributed by atoms with Crippen LogP contribution < -0.4 is 5.32 Å². The Bertz CT molecular complexity index is 272. The van der Waals surface area contributed by atoms with Gasteiger partial charge in [-0.05, 0) is 18.8 Å². The fourth-order valence-corrected chi connectivity index (χ4v) is 3.30. The van der Waals surface area contributed by atoms with E-state index in [0.29, 0.717) is 12.0 Å². The molecule has 0 aromatic rings. The summed E-state index contributed by atoms with van der Waals surface area (Å²) in [6, 6.07) is 0. The van der Waals surface area contributed by atoms with E-state index in [2.05, 4.69) is 33.0 Å². The van der Waals surface area contributed by atoms with E-state index in [0.717, 1.165) is 45.4 Å². The second-order valence-corrected chi connectivity index (χ2v) is 6.39. The number of rotatable bonds is 3. The Balaban J connectivity index is 2.10.